The molecule has 7 rings (SSSR count). The van der Waals surface area contributed by atoms with Crippen LogP contribution in [0, 0.1) is 22.7 Å². The molecule has 0 saturated heterocycles. The van der Waals surface area contributed by atoms with Crippen molar-refractivity contribution in [3.05, 3.63) is 180 Å². The summed E-state index contributed by atoms with van der Waals surface area (Å²) >= 11 is 0. The van der Waals surface area contributed by atoms with Gasteiger partial charge in [-0.1, -0.05) is 109 Å². The Morgan fingerprint density at radius 3 is 1.10 bits per heavy atom. The lowest BCUT2D eigenvalue weighted by molar-refractivity contribution is -0.138. The van der Waals surface area contributed by atoms with E-state index in [4.69, 9.17) is 18.9 Å². The Morgan fingerprint density at radius 2 is 0.741 bits per heavy atom. The van der Waals surface area contributed by atoms with E-state index in [9.17, 15) is 36.9 Å². The summed E-state index contributed by atoms with van der Waals surface area (Å²) in [5.74, 6) is -2.75. The normalized spacial score (nSPS) is 11.2. The monoisotopic (exact) mass is 784 g/mol. The number of rotatable bonds is 10. The molecule has 0 unspecified atom stereocenters. The zero-order chi connectivity index (χ0) is 40.9. The zero-order valence-corrected chi connectivity index (χ0v) is 29.8. The molecule has 286 valence electrons. The molecular formula is C46H26F6N2O4. The van der Waals surface area contributed by atoms with Gasteiger partial charge in [-0.2, -0.15) is 36.9 Å². The molecule has 0 atom stereocenters. The minimum atomic E-state index is -4.80. The second kappa shape index (κ2) is 16.2. The quantitative estimate of drug-likeness (QED) is 0.128. The fourth-order valence-corrected chi connectivity index (χ4v) is 6.00. The molecule has 7 aromatic rings. The third-order valence-corrected chi connectivity index (χ3v) is 8.68. The predicted molar refractivity (Wildman–Crippen MR) is 203 cm³/mol. The molecule has 0 aliphatic carbocycles. The molecule has 0 bridgehead atoms. The van der Waals surface area contributed by atoms with E-state index in [0.29, 0.717) is 34.4 Å². The van der Waals surface area contributed by atoms with E-state index in [-0.39, 0.29) is 11.5 Å². The van der Waals surface area contributed by atoms with Crippen molar-refractivity contribution in [3.8, 4) is 80.4 Å². The van der Waals surface area contributed by atoms with Gasteiger partial charge < -0.3 is 18.9 Å². The lowest BCUT2D eigenvalue weighted by Gasteiger charge is -2.23. The van der Waals surface area contributed by atoms with Gasteiger partial charge in [0.05, 0.1) is 11.1 Å². The first-order chi connectivity index (χ1) is 27.9. The lowest BCUT2D eigenvalue weighted by Crippen LogP contribution is -2.07. The molecule has 0 heterocycles. The number of nitrogens with zero attached hydrogens (tertiary/aromatic N) is 2. The van der Waals surface area contributed by atoms with Gasteiger partial charge in [0.1, 0.15) is 46.3 Å². The highest BCUT2D eigenvalue weighted by molar-refractivity contribution is 5.79. The first-order valence-electron chi connectivity index (χ1n) is 17.3. The summed E-state index contributed by atoms with van der Waals surface area (Å²) in [5.41, 5.74) is -0.771. The van der Waals surface area contributed by atoms with Crippen LogP contribution in [0.2, 0.25) is 0 Å². The average Bonchev–Trinajstić information content (AvgIpc) is 3.23. The van der Waals surface area contributed by atoms with Crippen LogP contribution < -0.4 is 18.9 Å². The minimum Gasteiger partial charge on any atom is -0.451 e. The Labute approximate surface area is 327 Å². The molecule has 7 aromatic carbocycles. The van der Waals surface area contributed by atoms with Crippen molar-refractivity contribution in [2.24, 2.45) is 0 Å². The fourth-order valence-electron chi connectivity index (χ4n) is 6.00. The van der Waals surface area contributed by atoms with Gasteiger partial charge in [-0.3, -0.25) is 0 Å². The fraction of sp³-hybridized carbons (Fsp3) is 0.0435. The molecule has 0 saturated carbocycles. The Morgan fingerprint density at radius 1 is 0.379 bits per heavy atom. The Hall–Kier alpha value is -7.70. The van der Waals surface area contributed by atoms with Crippen molar-refractivity contribution >= 4 is 0 Å². The molecule has 0 fully saturated rings. The number of hydrogen-bond acceptors (Lipinski definition) is 6. The zero-order valence-electron chi connectivity index (χ0n) is 29.8. The Bertz CT molecular complexity index is 2500. The van der Waals surface area contributed by atoms with Crippen LogP contribution in [0.25, 0.3) is 22.3 Å². The van der Waals surface area contributed by atoms with Crippen LogP contribution >= 0.6 is 0 Å². The number of para-hydroxylation sites is 2. The van der Waals surface area contributed by atoms with E-state index in [1.54, 1.807) is 109 Å². The van der Waals surface area contributed by atoms with Crippen LogP contribution in [0.4, 0.5) is 26.3 Å². The molecular weight excluding hydrogens is 759 g/mol. The number of hydrogen-bond donors (Lipinski definition) is 0. The van der Waals surface area contributed by atoms with E-state index < -0.39 is 69.1 Å². The molecule has 0 N–H and O–H groups in total. The van der Waals surface area contributed by atoms with Crippen LogP contribution in [-0.4, -0.2) is 0 Å². The second-order valence-electron chi connectivity index (χ2n) is 12.5. The van der Waals surface area contributed by atoms with Crippen molar-refractivity contribution in [1.82, 2.24) is 0 Å². The van der Waals surface area contributed by atoms with Crippen molar-refractivity contribution < 1.29 is 45.3 Å². The molecule has 0 amide bonds. The molecule has 12 heteroatoms. The molecule has 0 radical (unpaired) electrons. The number of halogens is 6. The van der Waals surface area contributed by atoms with Gasteiger partial charge >= 0.3 is 12.4 Å². The van der Waals surface area contributed by atoms with Crippen molar-refractivity contribution in [2.75, 3.05) is 0 Å². The third-order valence-electron chi connectivity index (χ3n) is 8.68. The van der Waals surface area contributed by atoms with Crippen molar-refractivity contribution in [2.45, 2.75) is 12.4 Å². The van der Waals surface area contributed by atoms with Gasteiger partial charge in [0.2, 0.25) is 11.5 Å². The summed E-state index contributed by atoms with van der Waals surface area (Å²) in [6.45, 7) is 0. The van der Waals surface area contributed by atoms with Crippen molar-refractivity contribution in [1.29, 1.82) is 10.5 Å². The highest BCUT2D eigenvalue weighted by Gasteiger charge is 2.35. The van der Waals surface area contributed by atoms with Crippen LogP contribution in [0.1, 0.15) is 22.3 Å². The van der Waals surface area contributed by atoms with Gasteiger partial charge in [-0.25, -0.2) is 0 Å². The first kappa shape index (κ1) is 38.6. The number of nitriles is 2. The molecule has 6 nitrogen and oxygen atoms in total. The maximum absolute atomic E-state index is 14.0. The summed E-state index contributed by atoms with van der Waals surface area (Å²) in [6, 6.07) is 42.6. The first-order valence-corrected chi connectivity index (χ1v) is 17.3. The van der Waals surface area contributed by atoms with E-state index in [1.807, 2.05) is 12.1 Å². The van der Waals surface area contributed by atoms with Crippen LogP contribution in [0.5, 0.6) is 46.0 Å². The van der Waals surface area contributed by atoms with E-state index in [1.165, 1.54) is 12.1 Å². The summed E-state index contributed by atoms with van der Waals surface area (Å²) < 4.78 is 109. The largest absolute Gasteiger partial charge is 0.451 e. The molecule has 0 aliphatic heterocycles. The standard InChI is InChI=1S/C46H26F6N2O4/c47-45(48,49)31-17-11-19-33(25-31)55-43-41(57-39-23-9-7-21-35(39)29-13-3-1-4-14-29)37(27-53)38(28-54)42(44(43)56-34-20-12-18-32(26-34)46(50,51)52)58-40-24-10-8-22-36(40)30-15-5-2-6-16-30/h1-26H. The van der Waals surface area contributed by atoms with Gasteiger partial charge in [-0.05, 0) is 59.7 Å². The summed E-state index contributed by atoms with van der Waals surface area (Å²) in [5, 5.41) is 21.5. The van der Waals surface area contributed by atoms with Crippen LogP contribution in [0.3, 0.4) is 0 Å². The SMILES string of the molecule is N#Cc1c(C#N)c(Oc2ccccc2-c2ccccc2)c(Oc2cccc(C(F)(F)F)c2)c(Oc2cccc(C(F)(F)F)c2)c1Oc1ccccc1-c1ccccc1. The van der Waals surface area contributed by atoms with E-state index in [0.717, 1.165) is 24.3 Å². The third kappa shape index (κ3) is 8.27. The van der Waals surface area contributed by atoms with E-state index >= 15 is 0 Å². The minimum absolute atomic E-state index is 0.121. The summed E-state index contributed by atoms with van der Waals surface area (Å²) in [4.78, 5) is 0. The number of ether oxygens (including phenoxy) is 4. The average molecular weight is 785 g/mol. The summed E-state index contributed by atoms with van der Waals surface area (Å²) in [6.07, 6.45) is -9.61. The Balaban J connectivity index is 1.54. The van der Waals surface area contributed by atoms with Gasteiger partial charge in [0.15, 0.2) is 11.5 Å². The van der Waals surface area contributed by atoms with Gasteiger partial charge in [0, 0.05) is 11.1 Å². The maximum Gasteiger partial charge on any atom is 0.416 e. The van der Waals surface area contributed by atoms with Crippen molar-refractivity contribution in [3.63, 3.8) is 0 Å². The summed E-state index contributed by atoms with van der Waals surface area (Å²) in [7, 11) is 0. The molecule has 58 heavy (non-hydrogen) atoms. The molecule has 0 aliphatic rings. The second-order valence-corrected chi connectivity index (χ2v) is 12.5. The smallest absolute Gasteiger partial charge is 0.416 e. The predicted octanol–water partition coefficient (Wildman–Crippen LogP) is 14.0. The number of alkyl halides is 6. The highest BCUT2D eigenvalue weighted by Crippen LogP contribution is 2.56. The molecule has 0 aromatic heterocycles. The Kier molecular flexibility index (Phi) is 10.8. The number of benzene rings is 7. The topological polar surface area (TPSA) is 84.5 Å². The van der Waals surface area contributed by atoms with Gasteiger partial charge in [-0.15, -0.1) is 0 Å². The highest BCUT2D eigenvalue weighted by atomic mass is 19.4. The maximum atomic E-state index is 14.0. The van der Waals surface area contributed by atoms with Gasteiger partial charge in [0.25, 0.3) is 0 Å². The van der Waals surface area contributed by atoms with Crippen LogP contribution in [0.15, 0.2) is 158 Å². The van der Waals surface area contributed by atoms with E-state index in [2.05, 4.69) is 0 Å². The van der Waals surface area contributed by atoms with Crippen LogP contribution in [-0.2, 0) is 12.4 Å². The lowest BCUT2D eigenvalue weighted by atomic mass is 10.0. The molecule has 0 spiro atoms.